The van der Waals surface area contributed by atoms with Crippen molar-refractivity contribution in [3.8, 4) is 0 Å². The second-order valence-electron chi connectivity index (χ2n) is 26.3. The van der Waals surface area contributed by atoms with Crippen LogP contribution in [0.25, 0.3) is 0 Å². The van der Waals surface area contributed by atoms with Gasteiger partial charge in [0.15, 0.2) is 12.2 Å². The summed E-state index contributed by atoms with van der Waals surface area (Å²) in [5.41, 5.74) is 0. The average molecular weight is 1450 g/mol. The first kappa shape index (κ1) is 96.0. The fourth-order valence-corrected chi connectivity index (χ4v) is 12.2. The maximum absolute atomic E-state index is 13.1. The molecule has 0 spiro atoms. The van der Waals surface area contributed by atoms with Gasteiger partial charge < -0.3 is 33.8 Å². The molecule has 578 valence electrons. The van der Waals surface area contributed by atoms with Gasteiger partial charge in [0.05, 0.1) is 26.4 Å². The van der Waals surface area contributed by atoms with E-state index in [1.165, 1.54) is 103 Å². The molecule has 0 aromatic heterocycles. The molecule has 0 fully saturated rings. The second-order valence-corrected chi connectivity index (χ2v) is 29.2. The number of unbranched alkanes of at least 4 members (excludes halogenated alkanes) is 32. The number of aliphatic hydroxyl groups is 1. The van der Waals surface area contributed by atoms with Crippen molar-refractivity contribution in [2.45, 2.75) is 354 Å². The molecule has 5 atom stereocenters. The van der Waals surface area contributed by atoms with Crippen molar-refractivity contribution in [2.24, 2.45) is 0 Å². The number of phosphoric ester groups is 2. The third kappa shape index (κ3) is 72.3. The number of hydrogen-bond donors (Lipinski definition) is 3. The van der Waals surface area contributed by atoms with Crippen LogP contribution in [0, 0.1) is 0 Å². The van der Waals surface area contributed by atoms with Gasteiger partial charge in [0.2, 0.25) is 0 Å². The van der Waals surface area contributed by atoms with Crippen molar-refractivity contribution in [3.63, 3.8) is 0 Å². The average Bonchev–Trinajstić information content (AvgIpc) is 0.935. The molecule has 0 aliphatic heterocycles. The summed E-state index contributed by atoms with van der Waals surface area (Å²) in [6, 6.07) is 0. The van der Waals surface area contributed by atoms with Crippen molar-refractivity contribution in [3.05, 3.63) is 97.2 Å². The first-order valence-corrected chi connectivity index (χ1v) is 42.5. The lowest BCUT2D eigenvalue weighted by Gasteiger charge is -2.21. The number of hydrogen-bond acceptors (Lipinski definition) is 15. The van der Waals surface area contributed by atoms with E-state index in [9.17, 15) is 43.2 Å². The number of aliphatic hydroxyl groups excluding tert-OH is 1. The molecule has 0 aromatic carbocycles. The number of rotatable bonds is 74. The molecule has 0 rings (SSSR count). The summed E-state index contributed by atoms with van der Waals surface area (Å²) in [7, 11) is -9.95. The van der Waals surface area contributed by atoms with Gasteiger partial charge in [-0.1, -0.05) is 305 Å². The minimum Gasteiger partial charge on any atom is -0.462 e. The Morgan fingerprint density at radius 3 is 0.810 bits per heavy atom. The van der Waals surface area contributed by atoms with Crippen molar-refractivity contribution < 1.29 is 80.2 Å². The van der Waals surface area contributed by atoms with Gasteiger partial charge in [-0.3, -0.25) is 37.3 Å². The molecule has 0 aliphatic rings. The van der Waals surface area contributed by atoms with Crippen molar-refractivity contribution >= 4 is 39.5 Å². The summed E-state index contributed by atoms with van der Waals surface area (Å²) in [5.74, 6) is -2.21. The fourth-order valence-electron chi connectivity index (χ4n) is 10.6. The van der Waals surface area contributed by atoms with Gasteiger partial charge in [0.1, 0.15) is 19.3 Å². The number of carbonyl (C=O) groups is 4. The van der Waals surface area contributed by atoms with E-state index in [1.54, 1.807) is 0 Å². The van der Waals surface area contributed by atoms with Crippen LogP contribution < -0.4 is 0 Å². The maximum atomic E-state index is 13.1. The highest BCUT2D eigenvalue weighted by Crippen LogP contribution is 2.45. The highest BCUT2D eigenvalue weighted by atomic mass is 31.2. The zero-order chi connectivity index (χ0) is 73.2. The monoisotopic (exact) mass is 1450 g/mol. The lowest BCUT2D eigenvalue weighted by atomic mass is 10.0. The molecular formula is C81H142O17P2. The summed E-state index contributed by atoms with van der Waals surface area (Å²) >= 11 is 0. The number of allylic oxidation sites excluding steroid dienone is 16. The lowest BCUT2D eigenvalue weighted by Crippen LogP contribution is -2.30. The quantitative estimate of drug-likeness (QED) is 0.0169. The molecule has 0 amide bonds. The van der Waals surface area contributed by atoms with Crippen LogP contribution in [-0.4, -0.2) is 96.7 Å². The summed E-state index contributed by atoms with van der Waals surface area (Å²) in [6.45, 7) is 4.63. The van der Waals surface area contributed by atoms with Gasteiger partial charge in [-0.15, -0.1) is 0 Å². The molecule has 0 bridgehead atoms. The van der Waals surface area contributed by atoms with Crippen LogP contribution in [0.3, 0.4) is 0 Å². The molecule has 0 aromatic rings. The Morgan fingerprint density at radius 2 is 0.520 bits per heavy atom. The molecule has 100 heavy (non-hydrogen) atoms. The zero-order valence-corrected chi connectivity index (χ0v) is 64.9. The van der Waals surface area contributed by atoms with Gasteiger partial charge in [-0.05, 0) is 103 Å². The predicted octanol–water partition coefficient (Wildman–Crippen LogP) is 22.8. The molecule has 0 radical (unpaired) electrons. The molecule has 5 unspecified atom stereocenters. The van der Waals surface area contributed by atoms with Crippen LogP contribution in [0.1, 0.15) is 336 Å². The predicted molar refractivity (Wildman–Crippen MR) is 409 cm³/mol. The highest BCUT2D eigenvalue weighted by Gasteiger charge is 2.30. The smallest absolute Gasteiger partial charge is 0.462 e. The molecule has 3 N–H and O–H groups in total. The maximum Gasteiger partial charge on any atom is 0.472 e. The van der Waals surface area contributed by atoms with E-state index in [2.05, 4.69) is 125 Å². The van der Waals surface area contributed by atoms with E-state index in [0.29, 0.717) is 25.7 Å². The van der Waals surface area contributed by atoms with Gasteiger partial charge in [-0.25, -0.2) is 9.13 Å². The first-order valence-electron chi connectivity index (χ1n) is 39.5. The van der Waals surface area contributed by atoms with E-state index in [-0.39, 0.29) is 25.7 Å². The second kappa shape index (κ2) is 73.3. The van der Waals surface area contributed by atoms with Crippen molar-refractivity contribution in [1.29, 1.82) is 0 Å². The Morgan fingerprint density at radius 1 is 0.290 bits per heavy atom. The van der Waals surface area contributed by atoms with Crippen LogP contribution in [0.4, 0.5) is 0 Å². The Labute approximate surface area is 607 Å². The standard InChI is InChI=1S/C81H142O17P2/c1-5-9-13-17-21-25-29-33-35-36-37-38-40-44-46-50-54-58-62-66-79(84)92-72-77(98-81(86)68-64-60-56-52-48-42-32-28-24-20-16-12-8-4)74-96-100(89,90)94-70-75(82)69-93-99(87,88)95-73-76(97-80(85)67-63-59-55-51-47-41-31-27-23-19-15-11-7-3)71-91-78(83)65-61-57-53-49-45-43-39-34-30-26-22-18-14-10-6-2/h9-10,13-14,21-22,25-26,33-35,37-39,44,46,75-77,82H,5-8,11-12,15-20,23-24,27-32,36,40-43,45,47-74H2,1-4H3,(H,87,88)(H,89,90)/b13-9-,14-10-,25-21-,26-22-,35-33-,38-37-,39-34-,46-44-. The number of esters is 4. The minimum absolute atomic E-state index is 0.0904. The highest BCUT2D eigenvalue weighted by molar-refractivity contribution is 7.47. The van der Waals surface area contributed by atoms with Gasteiger partial charge >= 0.3 is 39.5 Å². The van der Waals surface area contributed by atoms with Crippen molar-refractivity contribution in [1.82, 2.24) is 0 Å². The van der Waals surface area contributed by atoms with E-state index in [0.717, 1.165) is 154 Å². The molecular weight excluding hydrogens is 1310 g/mol. The van der Waals surface area contributed by atoms with E-state index in [1.807, 2.05) is 0 Å². The summed E-state index contributed by atoms with van der Waals surface area (Å²) in [4.78, 5) is 72.9. The van der Waals surface area contributed by atoms with Gasteiger partial charge in [0, 0.05) is 25.7 Å². The Hall–Kier alpha value is -4.02. The zero-order valence-electron chi connectivity index (χ0n) is 63.1. The van der Waals surface area contributed by atoms with E-state index >= 15 is 0 Å². The Bertz CT molecular complexity index is 2270. The van der Waals surface area contributed by atoms with Gasteiger partial charge in [-0.2, -0.15) is 0 Å². The minimum atomic E-state index is -4.98. The first-order chi connectivity index (χ1) is 48.7. The van der Waals surface area contributed by atoms with Gasteiger partial charge in [0.25, 0.3) is 0 Å². The van der Waals surface area contributed by atoms with Crippen LogP contribution >= 0.6 is 15.6 Å². The van der Waals surface area contributed by atoms with Crippen LogP contribution in [-0.2, 0) is 65.4 Å². The Kier molecular flexibility index (Phi) is 70.4. The Balaban J connectivity index is 5.35. The molecule has 19 heteroatoms. The third-order valence-corrected chi connectivity index (χ3v) is 18.5. The number of carbonyl (C=O) groups excluding carboxylic acids is 4. The summed E-state index contributed by atoms with van der Waals surface area (Å²) in [6.07, 6.45) is 76.7. The van der Waals surface area contributed by atoms with E-state index < -0.39 is 97.5 Å². The van der Waals surface area contributed by atoms with Crippen LogP contribution in [0.2, 0.25) is 0 Å². The summed E-state index contributed by atoms with van der Waals surface area (Å²) < 4.78 is 68.5. The lowest BCUT2D eigenvalue weighted by molar-refractivity contribution is -0.161. The van der Waals surface area contributed by atoms with E-state index in [4.69, 9.17) is 37.0 Å². The molecule has 0 aliphatic carbocycles. The van der Waals surface area contributed by atoms with Crippen LogP contribution in [0.5, 0.6) is 0 Å². The van der Waals surface area contributed by atoms with Crippen LogP contribution in [0.15, 0.2) is 97.2 Å². The SMILES string of the molecule is CC/C=C\C/C=C\C/C=C\C/C=C\C/C=C\CCCCCC(=O)OCC(COP(=O)(O)OCC(O)COP(=O)(O)OCC(COC(=O)CCCCCCC/C=C\C/C=C\C/C=C\CC)OC(=O)CCCCCCCCCCCCCCC)OC(=O)CCCCCCCCCCCCCCC. The van der Waals surface area contributed by atoms with Crippen molar-refractivity contribution in [2.75, 3.05) is 39.6 Å². The summed E-state index contributed by atoms with van der Waals surface area (Å²) in [5, 5.41) is 10.6. The largest absolute Gasteiger partial charge is 0.472 e. The fraction of sp³-hybridized carbons (Fsp3) is 0.753. The number of ether oxygens (including phenoxy) is 4. The molecule has 0 saturated carbocycles. The molecule has 0 heterocycles. The normalized spacial score (nSPS) is 14.4. The molecule has 17 nitrogen and oxygen atoms in total. The molecule has 0 saturated heterocycles. The third-order valence-electron chi connectivity index (χ3n) is 16.6. The topological polar surface area (TPSA) is 237 Å². The number of phosphoric acid groups is 2.